The normalized spacial score (nSPS) is 10.6. The van der Waals surface area contributed by atoms with E-state index >= 15 is 0 Å². The standard InChI is InChI=1S/C17H12ClNO4S2/c18-16-11(9-4-1-2-7-13(9)20)8-14(24-16)25-19-12-6-3-5-10(15(12)21)17(22)23/h1-8,19-21H,(H,22,23). The topological polar surface area (TPSA) is 89.8 Å². The first kappa shape index (κ1) is 17.5. The molecular weight excluding hydrogens is 382 g/mol. The number of hydrogen-bond donors (Lipinski definition) is 4. The molecule has 5 nitrogen and oxygen atoms in total. The Bertz CT molecular complexity index is 942. The predicted octanol–water partition coefficient (Wildman–Crippen LogP) is 5.30. The van der Waals surface area contributed by atoms with Gasteiger partial charge in [0.2, 0.25) is 0 Å². The first-order valence-electron chi connectivity index (χ1n) is 7.03. The maximum atomic E-state index is 11.1. The molecule has 3 rings (SSSR count). The molecule has 0 spiro atoms. The lowest BCUT2D eigenvalue weighted by Crippen LogP contribution is -1.98. The van der Waals surface area contributed by atoms with Gasteiger partial charge in [0, 0.05) is 11.1 Å². The Hall–Kier alpha value is -2.35. The van der Waals surface area contributed by atoms with Crippen molar-refractivity contribution in [2.75, 3.05) is 4.72 Å². The Morgan fingerprint density at radius 2 is 1.84 bits per heavy atom. The molecular formula is C17H12ClNO4S2. The molecule has 0 aliphatic rings. The van der Waals surface area contributed by atoms with Gasteiger partial charge in [-0.3, -0.25) is 0 Å². The van der Waals surface area contributed by atoms with Crippen molar-refractivity contribution < 1.29 is 20.1 Å². The first-order valence-corrected chi connectivity index (χ1v) is 9.04. The second-order valence-electron chi connectivity index (χ2n) is 4.98. The van der Waals surface area contributed by atoms with Gasteiger partial charge < -0.3 is 20.0 Å². The van der Waals surface area contributed by atoms with E-state index in [0.29, 0.717) is 21.2 Å². The van der Waals surface area contributed by atoms with Crippen LogP contribution >= 0.6 is 34.9 Å². The molecule has 0 radical (unpaired) electrons. The predicted molar refractivity (Wildman–Crippen MR) is 101 cm³/mol. The molecule has 0 aliphatic heterocycles. The third kappa shape index (κ3) is 3.68. The summed E-state index contributed by atoms with van der Waals surface area (Å²) in [5.74, 6) is -1.39. The molecule has 0 aliphatic carbocycles. The van der Waals surface area contributed by atoms with Gasteiger partial charge in [0.05, 0.1) is 9.90 Å². The largest absolute Gasteiger partial charge is 0.507 e. The highest BCUT2D eigenvalue weighted by atomic mass is 35.5. The molecule has 3 aromatic rings. The Morgan fingerprint density at radius 1 is 1.08 bits per heavy atom. The molecule has 1 heterocycles. The lowest BCUT2D eigenvalue weighted by Gasteiger charge is -2.08. The highest BCUT2D eigenvalue weighted by Gasteiger charge is 2.15. The zero-order chi connectivity index (χ0) is 18.0. The number of phenolic OH excluding ortho intramolecular Hbond substituents is 1. The zero-order valence-electron chi connectivity index (χ0n) is 12.6. The number of carbonyl (C=O) groups is 1. The minimum absolute atomic E-state index is 0.138. The zero-order valence-corrected chi connectivity index (χ0v) is 15.0. The number of thiophene rings is 1. The van der Waals surface area contributed by atoms with Gasteiger partial charge >= 0.3 is 5.97 Å². The summed E-state index contributed by atoms with van der Waals surface area (Å²) in [5.41, 5.74) is 1.45. The van der Waals surface area contributed by atoms with Crippen LogP contribution < -0.4 is 4.72 Å². The molecule has 128 valence electrons. The van der Waals surface area contributed by atoms with E-state index in [-0.39, 0.29) is 17.1 Å². The molecule has 25 heavy (non-hydrogen) atoms. The van der Waals surface area contributed by atoms with Gasteiger partial charge in [-0.2, -0.15) is 0 Å². The summed E-state index contributed by atoms with van der Waals surface area (Å²) in [4.78, 5) is 11.1. The van der Waals surface area contributed by atoms with Gasteiger partial charge in [0.15, 0.2) is 5.75 Å². The quantitative estimate of drug-likeness (QED) is 0.347. The SMILES string of the molecule is O=C(O)c1cccc(NSc2cc(-c3ccccc3O)c(Cl)s2)c1O. The van der Waals surface area contributed by atoms with Crippen LogP contribution in [0.25, 0.3) is 11.1 Å². The smallest absolute Gasteiger partial charge is 0.339 e. The highest BCUT2D eigenvalue weighted by Crippen LogP contribution is 2.43. The average Bonchev–Trinajstić information content (AvgIpc) is 2.95. The fraction of sp³-hybridized carbons (Fsp3) is 0. The van der Waals surface area contributed by atoms with Crippen LogP contribution in [0.2, 0.25) is 4.34 Å². The van der Waals surface area contributed by atoms with E-state index in [9.17, 15) is 15.0 Å². The monoisotopic (exact) mass is 393 g/mol. The fourth-order valence-electron chi connectivity index (χ4n) is 2.19. The number of nitrogens with one attached hydrogen (secondary N) is 1. The van der Waals surface area contributed by atoms with E-state index in [1.807, 2.05) is 12.1 Å². The second kappa shape index (κ2) is 7.26. The summed E-state index contributed by atoms with van der Waals surface area (Å²) in [6.45, 7) is 0. The number of rotatable bonds is 5. The van der Waals surface area contributed by atoms with Gasteiger partial charge in [-0.1, -0.05) is 35.9 Å². The van der Waals surface area contributed by atoms with E-state index in [1.54, 1.807) is 30.3 Å². The van der Waals surface area contributed by atoms with Crippen LogP contribution in [-0.2, 0) is 0 Å². The summed E-state index contributed by atoms with van der Waals surface area (Å²) in [6.07, 6.45) is 0. The number of benzene rings is 2. The number of para-hydroxylation sites is 2. The molecule has 2 aromatic carbocycles. The third-order valence-electron chi connectivity index (χ3n) is 3.39. The molecule has 0 fully saturated rings. The number of hydrogen-bond acceptors (Lipinski definition) is 6. The Morgan fingerprint density at radius 3 is 2.56 bits per heavy atom. The highest BCUT2D eigenvalue weighted by molar-refractivity contribution is 8.02. The Labute approximate surface area is 156 Å². The number of carboxylic acid groups (broad SMARTS) is 1. The van der Waals surface area contributed by atoms with Gasteiger partial charge in [-0.15, -0.1) is 11.3 Å². The van der Waals surface area contributed by atoms with Crippen molar-refractivity contribution in [1.29, 1.82) is 0 Å². The summed E-state index contributed by atoms with van der Waals surface area (Å²) < 4.78 is 4.24. The van der Waals surface area contributed by atoms with Crippen molar-refractivity contribution in [3.8, 4) is 22.6 Å². The maximum Gasteiger partial charge on any atom is 0.339 e. The van der Waals surface area contributed by atoms with Crippen molar-refractivity contribution in [2.45, 2.75) is 4.21 Å². The molecule has 8 heteroatoms. The van der Waals surface area contributed by atoms with E-state index in [1.165, 1.54) is 29.4 Å². The van der Waals surface area contributed by atoms with Crippen molar-refractivity contribution >= 4 is 46.5 Å². The van der Waals surface area contributed by atoms with Gasteiger partial charge in [-0.25, -0.2) is 4.79 Å². The van der Waals surface area contributed by atoms with Crippen molar-refractivity contribution in [3.05, 3.63) is 58.4 Å². The summed E-state index contributed by atoms with van der Waals surface area (Å²) in [5, 5.41) is 29.0. The number of anilines is 1. The lowest BCUT2D eigenvalue weighted by atomic mass is 10.1. The Balaban J connectivity index is 1.82. The average molecular weight is 394 g/mol. The molecule has 0 amide bonds. The molecule has 0 saturated heterocycles. The van der Waals surface area contributed by atoms with Gasteiger partial charge in [-0.05, 0) is 36.2 Å². The Kier molecular flexibility index (Phi) is 5.08. The summed E-state index contributed by atoms with van der Waals surface area (Å²) in [6, 6.07) is 13.2. The molecule has 0 unspecified atom stereocenters. The number of phenols is 2. The molecule has 0 saturated carbocycles. The second-order valence-corrected chi connectivity index (χ2v) is 7.74. The molecule has 0 atom stereocenters. The van der Waals surface area contributed by atoms with E-state index in [2.05, 4.69) is 4.72 Å². The van der Waals surface area contributed by atoms with Crippen molar-refractivity contribution in [1.82, 2.24) is 0 Å². The minimum Gasteiger partial charge on any atom is -0.507 e. The lowest BCUT2D eigenvalue weighted by molar-refractivity contribution is 0.0694. The van der Waals surface area contributed by atoms with Crippen LogP contribution in [-0.4, -0.2) is 21.3 Å². The van der Waals surface area contributed by atoms with Gasteiger partial charge in [0.25, 0.3) is 0 Å². The molecule has 4 N–H and O–H groups in total. The first-order chi connectivity index (χ1) is 12.0. The van der Waals surface area contributed by atoms with Crippen LogP contribution in [0, 0.1) is 0 Å². The van der Waals surface area contributed by atoms with E-state index in [0.717, 1.165) is 4.21 Å². The van der Waals surface area contributed by atoms with Crippen LogP contribution in [0.15, 0.2) is 52.7 Å². The van der Waals surface area contributed by atoms with E-state index in [4.69, 9.17) is 16.7 Å². The summed E-state index contributed by atoms with van der Waals surface area (Å²) >= 11 is 8.77. The van der Waals surface area contributed by atoms with Crippen LogP contribution in [0.4, 0.5) is 5.69 Å². The third-order valence-corrected chi connectivity index (χ3v) is 5.68. The minimum atomic E-state index is -1.20. The maximum absolute atomic E-state index is 11.1. The van der Waals surface area contributed by atoms with Crippen LogP contribution in [0.5, 0.6) is 11.5 Å². The van der Waals surface area contributed by atoms with Gasteiger partial charge in [0.1, 0.15) is 15.6 Å². The molecule has 1 aromatic heterocycles. The van der Waals surface area contributed by atoms with Crippen molar-refractivity contribution in [3.63, 3.8) is 0 Å². The number of aromatic carboxylic acids is 1. The van der Waals surface area contributed by atoms with Crippen molar-refractivity contribution in [2.24, 2.45) is 0 Å². The summed E-state index contributed by atoms with van der Waals surface area (Å²) in [7, 11) is 0. The number of halogens is 1. The van der Waals surface area contributed by atoms with Crippen LogP contribution in [0.3, 0.4) is 0 Å². The molecule has 0 bridgehead atoms. The van der Waals surface area contributed by atoms with Crippen LogP contribution in [0.1, 0.15) is 10.4 Å². The fourth-order valence-corrected chi connectivity index (χ4v) is 4.46. The number of aromatic hydroxyl groups is 2. The van der Waals surface area contributed by atoms with E-state index < -0.39 is 5.97 Å². The number of carboxylic acids is 1.